The fourth-order valence-corrected chi connectivity index (χ4v) is 2.55. The minimum Gasteiger partial charge on any atom is -0.295 e. The SMILES string of the molecule is CC.CC.CC(=O)c1cc(Cc2ccc(C)c(C(C)=O)c2)ccc1C. The number of aryl methyl sites for hydroxylation is 2. The number of hydrogen-bond acceptors (Lipinski definition) is 2. The van der Waals surface area contributed by atoms with Crippen LogP contribution in [0, 0.1) is 13.8 Å². The van der Waals surface area contributed by atoms with Crippen molar-refractivity contribution in [2.45, 2.75) is 61.8 Å². The van der Waals surface area contributed by atoms with Crippen LogP contribution in [0.1, 0.15) is 84.5 Å². The fourth-order valence-electron chi connectivity index (χ4n) is 2.55. The lowest BCUT2D eigenvalue weighted by Gasteiger charge is -2.09. The third-order valence-corrected chi connectivity index (χ3v) is 3.77. The highest BCUT2D eigenvalue weighted by Gasteiger charge is 2.08. The molecule has 2 heteroatoms. The summed E-state index contributed by atoms with van der Waals surface area (Å²) in [7, 11) is 0. The van der Waals surface area contributed by atoms with Gasteiger partial charge in [-0.05, 0) is 68.5 Å². The molecule has 25 heavy (non-hydrogen) atoms. The van der Waals surface area contributed by atoms with Gasteiger partial charge in [0.05, 0.1) is 0 Å². The van der Waals surface area contributed by atoms with Gasteiger partial charge in [0.25, 0.3) is 0 Å². The van der Waals surface area contributed by atoms with Crippen LogP contribution in [-0.2, 0) is 6.42 Å². The maximum Gasteiger partial charge on any atom is 0.160 e. The Morgan fingerprint density at radius 2 is 1.00 bits per heavy atom. The Hall–Kier alpha value is -2.22. The van der Waals surface area contributed by atoms with E-state index in [1.165, 1.54) is 0 Å². The molecule has 0 aliphatic carbocycles. The van der Waals surface area contributed by atoms with Gasteiger partial charge in [-0.3, -0.25) is 9.59 Å². The van der Waals surface area contributed by atoms with Crippen molar-refractivity contribution in [3.05, 3.63) is 69.8 Å². The van der Waals surface area contributed by atoms with Crippen molar-refractivity contribution < 1.29 is 9.59 Å². The molecule has 136 valence electrons. The third-order valence-electron chi connectivity index (χ3n) is 3.77. The average molecular weight is 341 g/mol. The van der Waals surface area contributed by atoms with Crippen molar-refractivity contribution in [2.75, 3.05) is 0 Å². The van der Waals surface area contributed by atoms with Crippen LogP contribution in [0.4, 0.5) is 0 Å². The van der Waals surface area contributed by atoms with Gasteiger partial charge in [0.2, 0.25) is 0 Å². The van der Waals surface area contributed by atoms with E-state index in [0.717, 1.165) is 39.8 Å². The molecule has 2 aromatic carbocycles. The molecule has 0 radical (unpaired) electrons. The molecule has 2 aromatic rings. The Kier molecular flexibility index (Phi) is 10.3. The van der Waals surface area contributed by atoms with Crippen LogP contribution in [0.3, 0.4) is 0 Å². The van der Waals surface area contributed by atoms with Gasteiger partial charge in [-0.1, -0.05) is 52.0 Å². The Bertz CT molecular complexity index is 651. The molecule has 0 amide bonds. The maximum atomic E-state index is 11.6. The Labute approximate surface area is 153 Å². The van der Waals surface area contributed by atoms with E-state index in [4.69, 9.17) is 0 Å². The van der Waals surface area contributed by atoms with E-state index >= 15 is 0 Å². The number of carbonyl (C=O) groups excluding carboxylic acids is 2. The van der Waals surface area contributed by atoms with Crippen molar-refractivity contribution in [1.82, 2.24) is 0 Å². The number of ketones is 2. The summed E-state index contributed by atoms with van der Waals surface area (Å²) >= 11 is 0. The summed E-state index contributed by atoms with van der Waals surface area (Å²) in [5.41, 5.74) is 5.71. The fraction of sp³-hybridized carbons (Fsp3) is 0.391. The lowest BCUT2D eigenvalue weighted by molar-refractivity contribution is 0.100. The molecule has 0 spiro atoms. The van der Waals surface area contributed by atoms with Crippen LogP contribution < -0.4 is 0 Å². The second-order valence-corrected chi connectivity index (χ2v) is 5.59. The summed E-state index contributed by atoms with van der Waals surface area (Å²) in [6.45, 7) is 15.1. The highest BCUT2D eigenvalue weighted by atomic mass is 16.1. The molecule has 0 aromatic heterocycles. The predicted molar refractivity (Wildman–Crippen MR) is 108 cm³/mol. The quantitative estimate of drug-likeness (QED) is 0.607. The average Bonchev–Trinajstić information content (AvgIpc) is 2.61. The van der Waals surface area contributed by atoms with Crippen molar-refractivity contribution >= 4 is 11.6 Å². The standard InChI is InChI=1S/C19H20O2.2C2H6/c1-12-5-7-16(10-18(12)14(3)20)9-17-8-6-13(2)19(11-17)15(4)21;2*1-2/h5-8,10-11H,9H2,1-4H3;2*1-2H3. The molecule has 0 N–H and O–H groups in total. The first-order valence-corrected chi connectivity index (χ1v) is 9.09. The molecule has 0 bridgehead atoms. The van der Waals surface area contributed by atoms with Crippen LogP contribution in [0.2, 0.25) is 0 Å². The third kappa shape index (κ3) is 6.66. The van der Waals surface area contributed by atoms with Crippen molar-refractivity contribution in [3.8, 4) is 0 Å². The van der Waals surface area contributed by atoms with E-state index in [9.17, 15) is 9.59 Å². The zero-order valence-corrected chi connectivity index (χ0v) is 17.0. The Morgan fingerprint density at radius 3 is 1.28 bits per heavy atom. The number of Topliss-reactive ketones (excluding diaryl/α,β-unsaturated/α-hetero) is 2. The van der Waals surface area contributed by atoms with Crippen LogP contribution in [-0.4, -0.2) is 11.6 Å². The van der Waals surface area contributed by atoms with E-state index in [0.29, 0.717) is 0 Å². The molecule has 0 heterocycles. The minimum absolute atomic E-state index is 0.0858. The van der Waals surface area contributed by atoms with Crippen LogP contribution >= 0.6 is 0 Å². The zero-order valence-electron chi connectivity index (χ0n) is 17.0. The molecule has 0 saturated heterocycles. The molecular formula is C23H32O2. The molecule has 0 atom stereocenters. The lowest BCUT2D eigenvalue weighted by atomic mass is 9.95. The largest absolute Gasteiger partial charge is 0.295 e. The molecule has 0 aliphatic heterocycles. The van der Waals surface area contributed by atoms with Gasteiger partial charge in [-0.25, -0.2) is 0 Å². The van der Waals surface area contributed by atoms with Gasteiger partial charge in [0.15, 0.2) is 11.6 Å². The van der Waals surface area contributed by atoms with Gasteiger partial charge in [-0.2, -0.15) is 0 Å². The number of benzene rings is 2. The summed E-state index contributed by atoms with van der Waals surface area (Å²) in [4.78, 5) is 23.2. The van der Waals surface area contributed by atoms with Crippen LogP contribution in [0.15, 0.2) is 36.4 Å². The lowest BCUT2D eigenvalue weighted by Crippen LogP contribution is -2.01. The normalized spacial score (nSPS) is 9.28. The molecular weight excluding hydrogens is 308 g/mol. The van der Waals surface area contributed by atoms with Gasteiger partial charge >= 0.3 is 0 Å². The van der Waals surface area contributed by atoms with E-state index in [1.807, 2.05) is 77.9 Å². The van der Waals surface area contributed by atoms with E-state index < -0.39 is 0 Å². The van der Waals surface area contributed by atoms with Crippen LogP contribution in [0.25, 0.3) is 0 Å². The van der Waals surface area contributed by atoms with Gasteiger partial charge < -0.3 is 0 Å². The van der Waals surface area contributed by atoms with E-state index in [2.05, 4.69) is 0 Å². The monoisotopic (exact) mass is 340 g/mol. The number of carbonyl (C=O) groups is 2. The Morgan fingerprint density at radius 1 is 0.680 bits per heavy atom. The van der Waals surface area contributed by atoms with Crippen molar-refractivity contribution in [3.63, 3.8) is 0 Å². The first kappa shape index (κ1) is 22.8. The van der Waals surface area contributed by atoms with Crippen molar-refractivity contribution in [2.24, 2.45) is 0 Å². The topological polar surface area (TPSA) is 34.1 Å². The van der Waals surface area contributed by atoms with E-state index in [-0.39, 0.29) is 11.6 Å². The first-order valence-electron chi connectivity index (χ1n) is 9.09. The summed E-state index contributed by atoms with van der Waals surface area (Å²) in [6, 6.07) is 11.9. The number of hydrogen-bond donors (Lipinski definition) is 0. The molecule has 2 rings (SSSR count). The predicted octanol–water partition coefficient (Wildman–Crippen LogP) is 6.35. The first-order chi connectivity index (χ1) is 11.9. The minimum atomic E-state index is 0.0858. The summed E-state index contributed by atoms with van der Waals surface area (Å²) < 4.78 is 0. The smallest absolute Gasteiger partial charge is 0.160 e. The zero-order chi connectivity index (χ0) is 19.6. The molecule has 0 fully saturated rings. The summed E-state index contributed by atoms with van der Waals surface area (Å²) in [5.74, 6) is 0.172. The highest BCUT2D eigenvalue weighted by molar-refractivity contribution is 5.96. The molecule has 0 aliphatic rings. The van der Waals surface area contributed by atoms with Gasteiger partial charge in [0.1, 0.15) is 0 Å². The maximum absolute atomic E-state index is 11.6. The summed E-state index contributed by atoms with van der Waals surface area (Å²) in [6.07, 6.45) is 0.723. The van der Waals surface area contributed by atoms with Gasteiger partial charge in [0, 0.05) is 11.1 Å². The Balaban J connectivity index is 0.00000134. The van der Waals surface area contributed by atoms with E-state index in [1.54, 1.807) is 13.8 Å². The molecule has 0 unspecified atom stereocenters. The van der Waals surface area contributed by atoms with Gasteiger partial charge in [-0.15, -0.1) is 0 Å². The van der Waals surface area contributed by atoms with Crippen LogP contribution in [0.5, 0.6) is 0 Å². The molecule has 2 nitrogen and oxygen atoms in total. The molecule has 0 saturated carbocycles. The van der Waals surface area contributed by atoms with Crippen molar-refractivity contribution in [1.29, 1.82) is 0 Å². The summed E-state index contributed by atoms with van der Waals surface area (Å²) in [5, 5.41) is 0. The highest BCUT2D eigenvalue weighted by Crippen LogP contribution is 2.18. The second kappa shape index (κ2) is 11.4. The second-order valence-electron chi connectivity index (χ2n) is 5.59. The number of rotatable bonds is 4.